The predicted octanol–water partition coefficient (Wildman–Crippen LogP) is 3.79. The van der Waals surface area contributed by atoms with E-state index in [1.54, 1.807) is 17.0 Å². The highest BCUT2D eigenvalue weighted by molar-refractivity contribution is 5.92. The lowest BCUT2D eigenvalue weighted by atomic mass is 10.0. The van der Waals surface area contributed by atoms with Crippen LogP contribution in [0.4, 0.5) is 15.0 Å². The maximum atomic E-state index is 13.4. The number of urea groups is 1. The number of halogens is 1. The fourth-order valence-corrected chi connectivity index (χ4v) is 4.42. The van der Waals surface area contributed by atoms with Gasteiger partial charge in [0.05, 0.1) is 30.2 Å². The van der Waals surface area contributed by atoms with Crippen LogP contribution in [-0.4, -0.2) is 52.6 Å². The molecule has 1 aliphatic rings. The zero-order valence-corrected chi connectivity index (χ0v) is 20.4. The van der Waals surface area contributed by atoms with E-state index < -0.39 is 5.54 Å². The number of benzene rings is 2. The highest BCUT2D eigenvalue weighted by Gasteiger charge is 2.44. The summed E-state index contributed by atoms with van der Waals surface area (Å²) in [5, 5.41) is 13.3. The molecule has 3 aromatic rings. The largest absolute Gasteiger partial charge is 0.330 e. The Balaban J connectivity index is 1.47. The molecule has 0 radical (unpaired) electrons. The third-order valence-corrected chi connectivity index (χ3v) is 6.30. The first-order valence-electron chi connectivity index (χ1n) is 11.5. The lowest BCUT2D eigenvalue weighted by Crippen LogP contribution is -2.48. The molecule has 35 heavy (non-hydrogen) atoms. The normalized spacial score (nSPS) is 15.1. The molecule has 9 heteroatoms. The van der Waals surface area contributed by atoms with Crippen LogP contribution in [0.2, 0.25) is 0 Å². The monoisotopic (exact) mass is 478 g/mol. The first-order valence-corrected chi connectivity index (χ1v) is 11.5. The molecule has 1 atom stereocenters. The standard InChI is InChI=1S/C26H31FN6O2/c1-26(2)23-20(24(31-30-23)29-22(34)14-17-10-12-19(27)13-11-17)15-33(26)25(35)28-21(16-32(3)4)18-8-6-5-7-9-18/h5-13,21H,14-16H2,1-4H3,(H,28,35)(H2,29,30,31,34)/t21-/m1/s1. The highest BCUT2D eigenvalue weighted by atomic mass is 19.1. The molecule has 0 bridgehead atoms. The van der Waals surface area contributed by atoms with Crippen molar-refractivity contribution < 1.29 is 14.0 Å². The summed E-state index contributed by atoms with van der Waals surface area (Å²) in [7, 11) is 3.94. The fraction of sp³-hybridized carbons (Fsp3) is 0.346. The van der Waals surface area contributed by atoms with Crippen LogP contribution < -0.4 is 10.6 Å². The molecular formula is C26H31FN6O2. The van der Waals surface area contributed by atoms with E-state index in [9.17, 15) is 14.0 Å². The molecule has 184 valence electrons. The number of nitrogens with one attached hydrogen (secondary N) is 3. The number of hydrogen-bond donors (Lipinski definition) is 3. The Morgan fingerprint density at radius 1 is 1.14 bits per heavy atom. The number of H-pyrrole nitrogens is 1. The molecular weight excluding hydrogens is 447 g/mol. The molecule has 0 saturated carbocycles. The van der Waals surface area contributed by atoms with Gasteiger partial charge in [-0.3, -0.25) is 9.89 Å². The van der Waals surface area contributed by atoms with Crippen molar-refractivity contribution in [2.45, 2.75) is 38.4 Å². The molecule has 8 nitrogen and oxygen atoms in total. The number of rotatable bonds is 7. The zero-order valence-electron chi connectivity index (χ0n) is 20.4. The lowest BCUT2D eigenvalue weighted by molar-refractivity contribution is -0.115. The molecule has 1 aliphatic heterocycles. The van der Waals surface area contributed by atoms with Crippen LogP contribution in [0, 0.1) is 5.82 Å². The number of hydrogen-bond acceptors (Lipinski definition) is 4. The van der Waals surface area contributed by atoms with Crippen LogP contribution in [0.15, 0.2) is 54.6 Å². The Bertz CT molecular complexity index is 1190. The Morgan fingerprint density at radius 2 is 1.83 bits per heavy atom. The molecule has 0 fully saturated rings. The molecule has 3 amide bonds. The van der Waals surface area contributed by atoms with Crippen LogP contribution in [0.3, 0.4) is 0 Å². The first kappa shape index (κ1) is 24.4. The third-order valence-electron chi connectivity index (χ3n) is 6.30. The van der Waals surface area contributed by atoms with E-state index in [1.165, 1.54) is 12.1 Å². The average molecular weight is 479 g/mol. The minimum Gasteiger partial charge on any atom is -0.330 e. The summed E-state index contributed by atoms with van der Waals surface area (Å²) < 4.78 is 13.1. The fourth-order valence-electron chi connectivity index (χ4n) is 4.42. The molecule has 0 aliphatic carbocycles. The Morgan fingerprint density at radius 3 is 2.49 bits per heavy atom. The second kappa shape index (κ2) is 9.87. The number of aromatic amines is 1. The molecule has 0 spiro atoms. The summed E-state index contributed by atoms with van der Waals surface area (Å²) in [6.07, 6.45) is 0.0960. The van der Waals surface area contributed by atoms with E-state index in [1.807, 2.05) is 63.2 Å². The second-order valence-electron chi connectivity index (χ2n) is 9.60. The number of fused-ring (bicyclic) bond motifs is 1. The summed E-state index contributed by atoms with van der Waals surface area (Å²) in [6, 6.07) is 15.3. The summed E-state index contributed by atoms with van der Waals surface area (Å²) in [5.74, 6) is -0.204. The number of aromatic nitrogens is 2. The van der Waals surface area contributed by atoms with Crippen molar-refractivity contribution in [1.29, 1.82) is 0 Å². The van der Waals surface area contributed by atoms with Crippen LogP contribution >= 0.6 is 0 Å². The zero-order chi connectivity index (χ0) is 25.2. The molecule has 2 aromatic carbocycles. The maximum Gasteiger partial charge on any atom is 0.319 e. The van der Waals surface area contributed by atoms with Gasteiger partial charge in [0.1, 0.15) is 5.82 Å². The van der Waals surface area contributed by atoms with Crippen LogP contribution in [-0.2, 0) is 23.3 Å². The topological polar surface area (TPSA) is 93.4 Å². The smallest absolute Gasteiger partial charge is 0.319 e. The van der Waals surface area contributed by atoms with E-state index in [4.69, 9.17) is 0 Å². The molecule has 1 aromatic heterocycles. The minimum absolute atomic E-state index is 0.0960. The predicted molar refractivity (Wildman–Crippen MR) is 132 cm³/mol. The van der Waals surface area contributed by atoms with Gasteiger partial charge in [0.2, 0.25) is 5.91 Å². The Hall–Kier alpha value is -3.72. The molecule has 0 unspecified atom stereocenters. The van der Waals surface area contributed by atoms with Crippen LogP contribution in [0.5, 0.6) is 0 Å². The van der Waals surface area contributed by atoms with Crippen LogP contribution in [0.1, 0.15) is 42.3 Å². The van der Waals surface area contributed by atoms with Gasteiger partial charge >= 0.3 is 6.03 Å². The van der Waals surface area contributed by atoms with Crippen LogP contribution in [0.25, 0.3) is 0 Å². The van der Waals surface area contributed by atoms with Gasteiger partial charge in [-0.15, -0.1) is 0 Å². The number of anilines is 1. The minimum atomic E-state index is -0.647. The van der Waals surface area contributed by atoms with E-state index in [-0.39, 0.29) is 30.2 Å². The summed E-state index contributed by atoms with van der Waals surface area (Å²) >= 11 is 0. The van der Waals surface area contributed by atoms with E-state index >= 15 is 0 Å². The van der Waals surface area contributed by atoms with Gasteiger partial charge in [0.15, 0.2) is 5.82 Å². The van der Waals surface area contributed by atoms with Crippen molar-refractivity contribution in [2.75, 3.05) is 26.0 Å². The summed E-state index contributed by atoms with van der Waals surface area (Å²) in [5.41, 5.74) is 2.65. The van der Waals surface area contributed by atoms with Gasteiger partial charge in [-0.25, -0.2) is 9.18 Å². The number of carbonyl (C=O) groups excluding carboxylic acids is 2. The number of carbonyl (C=O) groups is 2. The Labute approximate surface area is 204 Å². The van der Waals surface area contributed by atoms with E-state index in [0.29, 0.717) is 24.5 Å². The van der Waals surface area contributed by atoms with E-state index in [2.05, 4.69) is 20.8 Å². The molecule has 4 rings (SSSR count). The van der Waals surface area contributed by atoms with Gasteiger partial charge in [-0.2, -0.15) is 5.10 Å². The molecule has 0 saturated heterocycles. The molecule has 3 N–H and O–H groups in total. The van der Waals surface area contributed by atoms with Gasteiger partial charge in [-0.1, -0.05) is 42.5 Å². The van der Waals surface area contributed by atoms with Gasteiger partial charge in [0, 0.05) is 12.1 Å². The third kappa shape index (κ3) is 5.35. The van der Waals surface area contributed by atoms with Crippen molar-refractivity contribution in [2.24, 2.45) is 0 Å². The number of likely N-dealkylation sites (N-methyl/N-ethyl adjacent to an activating group) is 1. The first-order chi connectivity index (χ1) is 16.6. The summed E-state index contributed by atoms with van der Waals surface area (Å²) in [4.78, 5) is 29.8. The quantitative estimate of drug-likeness (QED) is 0.482. The SMILES string of the molecule is CN(C)C[C@@H](NC(=O)N1Cc2c(NC(=O)Cc3ccc(F)cc3)n[nH]c2C1(C)C)c1ccccc1. The average Bonchev–Trinajstić information content (AvgIpc) is 3.33. The maximum absolute atomic E-state index is 13.4. The Kier molecular flexibility index (Phi) is 6.88. The number of nitrogens with zero attached hydrogens (tertiary/aromatic N) is 3. The van der Waals surface area contributed by atoms with Crippen molar-refractivity contribution in [3.05, 3.63) is 82.8 Å². The van der Waals surface area contributed by atoms with Crippen molar-refractivity contribution in [3.63, 3.8) is 0 Å². The molecule has 2 heterocycles. The van der Waals surface area contributed by atoms with E-state index in [0.717, 1.165) is 16.8 Å². The lowest BCUT2D eigenvalue weighted by Gasteiger charge is -2.34. The summed E-state index contributed by atoms with van der Waals surface area (Å²) in [6.45, 7) is 4.86. The van der Waals surface area contributed by atoms with Gasteiger partial charge in [-0.05, 0) is 51.2 Å². The second-order valence-corrected chi connectivity index (χ2v) is 9.60. The van der Waals surface area contributed by atoms with Crippen molar-refractivity contribution in [3.8, 4) is 0 Å². The van der Waals surface area contributed by atoms with Gasteiger partial charge < -0.3 is 20.4 Å². The van der Waals surface area contributed by atoms with Crippen molar-refractivity contribution in [1.82, 2.24) is 25.3 Å². The highest BCUT2D eigenvalue weighted by Crippen LogP contribution is 2.40. The number of amides is 3. The van der Waals surface area contributed by atoms with Gasteiger partial charge in [0.25, 0.3) is 0 Å². The van der Waals surface area contributed by atoms with Crippen molar-refractivity contribution >= 4 is 17.8 Å².